The fourth-order valence-electron chi connectivity index (χ4n) is 4.30. The molecule has 0 aliphatic heterocycles. The van der Waals surface area contributed by atoms with Gasteiger partial charge in [-0.05, 0) is 81.8 Å². The molecule has 0 amide bonds. The summed E-state index contributed by atoms with van der Waals surface area (Å²) in [5.74, 6) is -0.947. The molecule has 7 nitrogen and oxygen atoms in total. The highest BCUT2D eigenvalue weighted by atomic mass is 79.9. The number of halogens is 2. The number of benzene rings is 3. The van der Waals surface area contributed by atoms with E-state index in [2.05, 4.69) is 15.9 Å². The van der Waals surface area contributed by atoms with E-state index in [-0.39, 0.29) is 45.0 Å². The lowest BCUT2D eigenvalue weighted by molar-refractivity contribution is 0.0520. The normalized spacial score (nSPS) is 13.4. The van der Waals surface area contributed by atoms with Gasteiger partial charge in [0.15, 0.2) is 5.69 Å². The zero-order valence-electron chi connectivity index (χ0n) is 21.2. The number of carbonyl (C=O) groups is 1. The van der Waals surface area contributed by atoms with Crippen molar-refractivity contribution in [3.63, 3.8) is 0 Å². The predicted molar refractivity (Wildman–Crippen MR) is 154 cm³/mol. The molecule has 1 aromatic heterocycles. The van der Waals surface area contributed by atoms with E-state index < -0.39 is 23.4 Å². The second kappa shape index (κ2) is 11.0. The van der Waals surface area contributed by atoms with E-state index in [1.165, 1.54) is 30.3 Å². The van der Waals surface area contributed by atoms with Crippen LogP contribution in [0.3, 0.4) is 0 Å². The maximum absolute atomic E-state index is 15.0. The summed E-state index contributed by atoms with van der Waals surface area (Å²) in [6, 6.07) is 15.9. The number of fused-ring (bicyclic) bond motifs is 1. The fourth-order valence-corrected chi connectivity index (χ4v) is 9.39. The van der Waals surface area contributed by atoms with Crippen LogP contribution in [0.4, 0.5) is 0 Å². The van der Waals surface area contributed by atoms with Gasteiger partial charge in [-0.3, -0.25) is 4.57 Å². The van der Waals surface area contributed by atoms with E-state index in [0.717, 1.165) is 15.1 Å². The SMILES string of the molecule is CCOC(=O)c1c(P(=O)(OCC)c2cc(C)cc(Br)c2)c2cc(Cl)ccc2n1S(=O)(=O)c1ccc(C)cc1. The molecule has 200 valence electrons. The Kier molecular flexibility index (Phi) is 8.26. The Morgan fingerprint density at radius 1 is 0.974 bits per heavy atom. The minimum Gasteiger partial charge on any atom is -0.461 e. The van der Waals surface area contributed by atoms with Crippen molar-refractivity contribution >= 4 is 72.4 Å². The first-order chi connectivity index (χ1) is 17.9. The molecule has 0 saturated heterocycles. The Bertz CT molecular complexity index is 1680. The van der Waals surface area contributed by atoms with Crippen molar-refractivity contribution < 1.29 is 27.0 Å². The second-order valence-corrected chi connectivity index (χ2v) is 14.1. The highest BCUT2D eigenvalue weighted by Crippen LogP contribution is 2.49. The van der Waals surface area contributed by atoms with E-state index in [9.17, 15) is 17.8 Å². The zero-order chi connectivity index (χ0) is 27.8. The Labute approximate surface area is 235 Å². The van der Waals surface area contributed by atoms with Crippen LogP contribution >= 0.6 is 34.9 Å². The van der Waals surface area contributed by atoms with Crippen LogP contribution in [0.5, 0.6) is 0 Å². The number of hydrogen-bond acceptors (Lipinski definition) is 6. The van der Waals surface area contributed by atoms with E-state index in [4.69, 9.17) is 20.9 Å². The standard InChI is InChI=1S/C27H26BrClNO6PS/c1-5-35-27(31)25-26(37(32,36-6-2)21-14-18(4)13-19(28)15-21)23-16-20(29)9-12-24(23)30(25)38(33,34)22-10-7-17(3)8-11-22/h7-16H,5-6H2,1-4H3. The van der Waals surface area contributed by atoms with Gasteiger partial charge in [0.05, 0.1) is 28.9 Å². The molecule has 0 radical (unpaired) electrons. The van der Waals surface area contributed by atoms with Crippen LogP contribution in [0.1, 0.15) is 35.5 Å². The largest absolute Gasteiger partial charge is 0.461 e. The van der Waals surface area contributed by atoms with Gasteiger partial charge >= 0.3 is 5.97 Å². The number of ether oxygens (including phenoxy) is 1. The number of carbonyl (C=O) groups excluding carboxylic acids is 1. The van der Waals surface area contributed by atoms with Gasteiger partial charge < -0.3 is 9.26 Å². The lowest BCUT2D eigenvalue weighted by Gasteiger charge is -2.21. The van der Waals surface area contributed by atoms with Gasteiger partial charge in [-0.2, -0.15) is 0 Å². The van der Waals surface area contributed by atoms with E-state index in [1.807, 2.05) is 19.9 Å². The predicted octanol–water partition coefficient (Wildman–Crippen LogP) is 6.35. The van der Waals surface area contributed by atoms with E-state index in [1.54, 1.807) is 38.1 Å². The molecule has 0 spiro atoms. The monoisotopic (exact) mass is 637 g/mol. The highest BCUT2D eigenvalue weighted by molar-refractivity contribution is 9.10. The molecule has 0 aliphatic rings. The van der Waals surface area contributed by atoms with Crippen LogP contribution < -0.4 is 10.6 Å². The molecule has 3 aromatic carbocycles. The summed E-state index contributed by atoms with van der Waals surface area (Å²) in [6.07, 6.45) is 0. The number of nitrogens with zero attached hydrogens (tertiary/aromatic N) is 1. The Morgan fingerprint density at radius 2 is 1.66 bits per heavy atom. The Morgan fingerprint density at radius 3 is 2.26 bits per heavy atom. The summed E-state index contributed by atoms with van der Waals surface area (Å²) >= 11 is 9.80. The van der Waals surface area contributed by atoms with Crippen molar-refractivity contribution in [3.05, 3.63) is 87.0 Å². The van der Waals surface area contributed by atoms with E-state index >= 15 is 0 Å². The third-order valence-corrected chi connectivity index (χ3v) is 10.9. The minimum atomic E-state index is -4.36. The van der Waals surface area contributed by atoms with Crippen molar-refractivity contribution in [1.29, 1.82) is 0 Å². The quantitative estimate of drug-likeness (QED) is 0.165. The molecule has 4 aromatic rings. The van der Waals surface area contributed by atoms with Gasteiger partial charge in [0.2, 0.25) is 0 Å². The van der Waals surface area contributed by atoms with Crippen LogP contribution in [0.2, 0.25) is 5.02 Å². The molecule has 0 bridgehead atoms. The molecule has 0 saturated carbocycles. The van der Waals surface area contributed by atoms with Crippen molar-refractivity contribution in [3.8, 4) is 0 Å². The molecule has 0 fully saturated rings. The van der Waals surface area contributed by atoms with Crippen molar-refractivity contribution in [1.82, 2.24) is 3.97 Å². The first kappa shape index (κ1) is 28.6. The Hall–Kier alpha value is -2.42. The summed E-state index contributed by atoms with van der Waals surface area (Å²) in [5.41, 5.74) is 1.39. The zero-order valence-corrected chi connectivity index (χ0v) is 25.2. The van der Waals surface area contributed by atoms with Gasteiger partial charge in [0.1, 0.15) is 0 Å². The van der Waals surface area contributed by atoms with Crippen LogP contribution in [-0.4, -0.2) is 31.6 Å². The summed E-state index contributed by atoms with van der Waals surface area (Å²) in [6.45, 7) is 6.96. The number of esters is 1. The molecule has 1 unspecified atom stereocenters. The summed E-state index contributed by atoms with van der Waals surface area (Å²) in [5, 5.41) is 0.699. The molecule has 0 aliphatic carbocycles. The maximum atomic E-state index is 15.0. The highest BCUT2D eigenvalue weighted by Gasteiger charge is 2.42. The third kappa shape index (κ3) is 5.10. The lowest BCUT2D eigenvalue weighted by atomic mass is 10.2. The molecule has 38 heavy (non-hydrogen) atoms. The van der Waals surface area contributed by atoms with Crippen molar-refractivity contribution in [2.24, 2.45) is 0 Å². The fraction of sp³-hybridized carbons (Fsp3) is 0.222. The molecule has 1 atom stereocenters. The second-order valence-electron chi connectivity index (χ2n) is 8.62. The third-order valence-electron chi connectivity index (χ3n) is 5.86. The van der Waals surface area contributed by atoms with Gasteiger partial charge in [-0.25, -0.2) is 17.2 Å². The molecule has 4 rings (SSSR count). The number of aromatic nitrogens is 1. The van der Waals surface area contributed by atoms with Crippen LogP contribution in [0.25, 0.3) is 10.9 Å². The first-order valence-electron chi connectivity index (χ1n) is 11.8. The first-order valence-corrected chi connectivity index (χ1v) is 16.0. The van der Waals surface area contributed by atoms with Crippen LogP contribution in [0, 0.1) is 13.8 Å². The average Bonchev–Trinajstić information content (AvgIpc) is 3.20. The van der Waals surface area contributed by atoms with Crippen molar-refractivity contribution in [2.75, 3.05) is 13.2 Å². The van der Waals surface area contributed by atoms with Gasteiger partial charge in [-0.1, -0.05) is 45.2 Å². The molecule has 11 heteroatoms. The Balaban J connectivity index is 2.22. The van der Waals surface area contributed by atoms with Gasteiger partial charge in [-0.15, -0.1) is 0 Å². The lowest BCUT2D eigenvalue weighted by Crippen LogP contribution is -2.28. The number of aryl methyl sites for hydroxylation is 2. The topological polar surface area (TPSA) is 91.7 Å². The summed E-state index contributed by atoms with van der Waals surface area (Å²) in [7, 11) is -8.44. The van der Waals surface area contributed by atoms with Crippen molar-refractivity contribution in [2.45, 2.75) is 32.6 Å². The minimum absolute atomic E-state index is 0.0277. The average molecular weight is 639 g/mol. The van der Waals surface area contributed by atoms with Crippen LogP contribution in [0.15, 0.2) is 70.0 Å². The van der Waals surface area contributed by atoms with Gasteiger partial charge in [0, 0.05) is 20.2 Å². The smallest absolute Gasteiger partial charge is 0.356 e. The van der Waals surface area contributed by atoms with Gasteiger partial charge in [0.25, 0.3) is 17.4 Å². The number of hydrogen-bond donors (Lipinski definition) is 0. The maximum Gasteiger partial charge on any atom is 0.356 e. The molecular weight excluding hydrogens is 613 g/mol. The van der Waals surface area contributed by atoms with E-state index in [0.29, 0.717) is 9.78 Å². The molecule has 1 heterocycles. The number of rotatable bonds is 8. The van der Waals surface area contributed by atoms with Crippen LogP contribution in [-0.2, 0) is 23.8 Å². The summed E-state index contributed by atoms with van der Waals surface area (Å²) < 4.78 is 56.0. The summed E-state index contributed by atoms with van der Waals surface area (Å²) in [4.78, 5) is 13.5. The molecular formula is C27H26BrClNO6PS. The molecule has 0 N–H and O–H groups in total.